The number of nitrogens with one attached hydrogen (secondary N) is 1. The van der Waals surface area contributed by atoms with E-state index in [1.807, 2.05) is 0 Å². The lowest BCUT2D eigenvalue weighted by Crippen LogP contribution is -2.54. The SMILES string of the molecule is Cc1nn2c(nc1=O)-c1ccccc1N[C@]2(C(=O)O)c1ccccc1. The first kappa shape index (κ1) is 15.1. The molecule has 0 radical (unpaired) electrons. The van der Waals surface area contributed by atoms with E-state index in [1.54, 1.807) is 54.6 Å². The van der Waals surface area contributed by atoms with Crippen LogP contribution in [0.1, 0.15) is 11.3 Å². The fourth-order valence-corrected chi connectivity index (χ4v) is 3.05. The third-order valence-electron chi connectivity index (χ3n) is 4.27. The Kier molecular flexibility index (Phi) is 3.18. The summed E-state index contributed by atoms with van der Waals surface area (Å²) in [5.41, 5.74) is -0.361. The molecule has 7 heteroatoms. The van der Waals surface area contributed by atoms with Crippen LogP contribution in [0.15, 0.2) is 59.4 Å². The van der Waals surface area contributed by atoms with Crippen LogP contribution in [-0.2, 0) is 10.5 Å². The Hall–Kier alpha value is -3.48. The maximum Gasteiger partial charge on any atom is 0.357 e. The Morgan fingerprint density at radius 1 is 1.12 bits per heavy atom. The minimum absolute atomic E-state index is 0.131. The quantitative estimate of drug-likeness (QED) is 0.742. The van der Waals surface area contributed by atoms with Crippen molar-refractivity contribution >= 4 is 11.7 Å². The van der Waals surface area contributed by atoms with Gasteiger partial charge in [0.25, 0.3) is 11.2 Å². The fraction of sp³-hybridized carbons (Fsp3) is 0.111. The molecule has 2 heterocycles. The standard InChI is InChI=1S/C18H14N4O3/c1-11-16(23)19-15-13-9-5-6-10-14(13)20-18(17(24)25,22(15)21-11)12-7-3-2-4-8-12/h2-10,20H,1H3,(H,24,25)/t18-/m1/s1. The highest BCUT2D eigenvalue weighted by Crippen LogP contribution is 2.39. The number of carbonyl (C=O) groups is 1. The lowest BCUT2D eigenvalue weighted by Gasteiger charge is -2.38. The molecule has 0 aliphatic carbocycles. The molecule has 3 aromatic rings. The lowest BCUT2D eigenvalue weighted by atomic mass is 9.95. The van der Waals surface area contributed by atoms with Gasteiger partial charge < -0.3 is 10.4 Å². The minimum atomic E-state index is -1.70. The van der Waals surface area contributed by atoms with Gasteiger partial charge in [0, 0.05) is 16.8 Å². The molecule has 0 fully saturated rings. The van der Waals surface area contributed by atoms with Crippen LogP contribution in [0, 0.1) is 6.92 Å². The van der Waals surface area contributed by atoms with Crippen molar-refractivity contribution in [3.8, 4) is 11.4 Å². The minimum Gasteiger partial charge on any atom is -0.478 e. The average Bonchev–Trinajstić information content (AvgIpc) is 2.63. The maximum absolute atomic E-state index is 12.4. The summed E-state index contributed by atoms with van der Waals surface area (Å²) in [6.45, 7) is 1.51. The molecular weight excluding hydrogens is 320 g/mol. The van der Waals surface area contributed by atoms with E-state index in [4.69, 9.17) is 0 Å². The summed E-state index contributed by atoms with van der Waals surface area (Å²) < 4.78 is 1.28. The molecule has 1 aromatic heterocycles. The van der Waals surface area contributed by atoms with Crippen molar-refractivity contribution in [3.63, 3.8) is 0 Å². The molecule has 1 aliphatic rings. The Bertz CT molecular complexity index is 1050. The van der Waals surface area contributed by atoms with Crippen LogP contribution >= 0.6 is 0 Å². The summed E-state index contributed by atoms with van der Waals surface area (Å²) in [5, 5.41) is 17.5. The third-order valence-corrected chi connectivity index (χ3v) is 4.27. The fourth-order valence-electron chi connectivity index (χ4n) is 3.05. The van der Waals surface area contributed by atoms with Crippen molar-refractivity contribution in [2.45, 2.75) is 12.6 Å². The molecule has 0 spiro atoms. The summed E-state index contributed by atoms with van der Waals surface area (Å²) in [6, 6.07) is 15.8. The first-order valence-electron chi connectivity index (χ1n) is 7.69. The van der Waals surface area contributed by atoms with Crippen molar-refractivity contribution < 1.29 is 9.90 Å². The van der Waals surface area contributed by atoms with Gasteiger partial charge in [-0.15, -0.1) is 0 Å². The van der Waals surface area contributed by atoms with Gasteiger partial charge in [0.15, 0.2) is 5.82 Å². The number of nitrogens with zero attached hydrogens (tertiary/aromatic N) is 3. The van der Waals surface area contributed by atoms with E-state index < -0.39 is 17.2 Å². The van der Waals surface area contributed by atoms with Gasteiger partial charge in [0.1, 0.15) is 5.69 Å². The number of carboxylic acid groups (broad SMARTS) is 1. The van der Waals surface area contributed by atoms with Gasteiger partial charge in [0.05, 0.1) is 0 Å². The predicted octanol–water partition coefficient (Wildman–Crippen LogP) is 1.82. The monoisotopic (exact) mass is 334 g/mol. The highest BCUT2D eigenvalue weighted by atomic mass is 16.4. The molecule has 7 nitrogen and oxygen atoms in total. The van der Waals surface area contributed by atoms with Crippen LogP contribution in [-0.4, -0.2) is 25.8 Å². The zero-order valence-corrected chi connectivity index (χ0v) is 13.3. The second kappa shape index (κ2) is 5.27. The van der Waals surface area contributed by atoms with E-state index >= 15 is 0 Å². The summed E-state index contributed by atoms with van der Waals surface area (Å²) >= 11 is 0. The van der Waals surface area contributed by atoms with E-state index in [1.165, 1.54) is 11.6 Å². The highest BCUT2D eigenvalue weighted by Gasteiger charge is 2.48. The summed E-state index contributed by atoms with van der Waals surface area (Å²) in [6.07, 6.45) is 0. The number of anilines is 1. The second-order valence-electron chi connectivity index (χ2n) is 5.79. The molecule has 2 N–H and O–H groups in total. The smallest absolute Gasteiger partial charge is 0.357 e. The number of aromatic nitrogens is 3. The number of hydrogen-bond acceptors (Lipinski definition) is 5. The van der Waals surface area contributed by atoms with Crippen molar-refractivity contribution in [3.05, 3.63) is 76.2 Å². The van der Waals surface area contributed by atoms with Crippen LogP contribution in [0.5, 0.6) is 0 Å². The first-order chi connectivity index (χ1) is 12.0. The Morgan fingerprint density at radius 3 is 2.52 bits per heavy atom. The molecular formula is C18H14N4O3. The predicted molar refractivity (Wildman–Crippen MR) is 91.2 cm³/mol. The lowest BCUT2D eigenvalue weighted by molar-refractivity contribution is -0.144. The summed E-state index contributed by atoms with van der Waals surface area (Å²) in [5.74, 6) is -0.928. The van der Waals surface area contributed by atoms with Crippen LogP contribution in [0.2, 0.25) is 0 Å². The van der Waals surface area contributed by atoms with Gasteiger partial charge >= 0.3 is 5.97 Å². The van der Waals surface area contributed by atoms with Gasteiger partial charge in [-0.3, -0.25) is 4.79 Å². The molecule has 4 rings (SSSR count). The molecule has 0 bridgehead atoms. The normalized spacial score (nSPS) is 18.0. The number of hydrogen-bond donors (Lipinski definition) is 2. The number of rotatable bonds is 2. The number of benzene rings is 2. The van der Waals surface area contributed by atoms with E-state index in [9.17, 15) is 14.7 Å². The molecule has 0 saturated heterocycles. The molecule has 2 aromatic carbocycles. The topological polar surface area (TPSA) is 97.1 Å². The number of para-hydroxylation sites is 1. The summed E-state index contributed by atoms with van der Waals surface area (Å²) in [4.78, 5) is 28.6. The van der Waals surface area contributed by atoms with Crippen LogP contribution in [0.4, 0.5) is 5.69 Å². The number of carboxylic acids is 1. The Morgan fingerprint density at radius 2 is 1.80 bits per heavy atom. The zero-order valence-electron chi connectivity index (χ0n) is 13.3. The Labute approximate surface area is 142 Å². The molecule has 0 unspecified atom stereocenters. The van der Waals surface area contributed by atoms with E-state index in [0.29, 0.717) is 16.8 Å². The first-order valence-corrected chi connectivity index (χ1v) is 7.69. The van der Waals surface area contributed by atoms with Gasteiger partial charge in [-0.1, -0.05) is 42.5 Å². The van der Waals surface area contributed by atoms with E-state index in [-0.39, 0.29) is 11.5 Å². The number of aryl methyl sites for hydroxylation is 1. The maximum atomic E-state index is 12.4. The van der Waals surface area contributed by atoms with E-state index in [0.717, 1.165) is 0 Å². The number of aliphatic carboxylic acids is 1. The van der Waals surface area contributed by atoms with Crippen molar-refractivity contribution in [2.75, 3.05) is 5.32 Å². The molecule has 0 amide bonds. The zero-order chi connectivity index (χ0) is 17.6. The van der Waals surface area contributed by atoms with E-state index in [2.05, 4.69) is 15.4 Å². The van der Waals surface area contributed by atoms with Crippen molar-refractivity contribution in [2.24, 2.45) is 0 Å². The Balaban J connectivity index is 2.14. The van der Waals surface area contributed by atoms with Crippen molar-refractivity contribution in [1.29, 1.82) is 0 Å². The molecule has 1 aliphatic heterocycles. The van der Waals surface area contributed by atoms with Gasteiger partial charge in [-0.05, 0) is 19.1 Å². The summed E-state index contributed by atoms with van der Waals surface area (Å²) in [7, 11) is 0. The average molecular weight is 334 g/mol. The van der Waals surface area contributed by atoms with Crippen LogP contribution in [0.3, 0.4) is 0 Å². The van der Waals surface area contributed by atoms with Gasteiger partial charge in [-0.25, -0.2) is 9.48 Å². The molecule has 0 saturated carbocycles. The van der Waals surface area contributed by atoms with Crippen LogP contribution < -0.4 is 10.9 Å². The van der Waals surface area contributed by atoms with Gasteiger partial charge in [-0.2, -0.15) is 10.1 Å². The van der Waals surface area contributed by atoms with Gasteiger partial charge in [0.2, 0.25) is 0 Å². The van der Waals surface area contributed by atoms with Crippen molar-refractivity contribution in [1.82, 2.24) is 14.8 Å². The second-order valence-corrected chi connectivity index (χ2v) is 5.79. The molecule has 124 valence electrons. The largest absolute Gasteiger partial charge is 0.478 e. The molecule has 25 heavy (non-hydrogen) atoms. The molecule has 1 atom stereocenters. The highest BCUT2D eigenvalue weighted by molar-refractivity contribution is 5.90. The third kappa shape index (κ3) is 2.06. The van der Waals surface area contributed by atoms with Crippen LogP contribution in [0.25, 0.3) is 11.4 Å². The number of fused-ring (bicyclic) bond motifs is 3.